The number of ether oxygens (including phenoxy) is 4. The van der Waals surface area contributed by atoms with Gasteiger partial charge in [0.25, 0.3) is 0 Å². The van der Waals surface area contributed by atoms with Crippen LogP contribution in [0, 0.1) is 0 Å². The molecule has 1 aliphatic rings. The van der Waals surface area contributed by atoms with Crippen LogP contribution in [0.5, 0.6) is 0 Å². The molecule has 6 atom stereocenters. The molecule has 68 heavy (non-hydrogen) atoms. The van der Waals surface area contributed by atoms with Crippen LogP contribution in [0.25, 0.3) is 0 Å². The lowest BCUT2D eigenvalue weighted by Crippen LogP contribution is -2.60. The van der Waals surface area contributed by atoms with Gasteiger partial charge in [0.2, 0.25) is 0 Å². The van der Waals surface area contributed by atoms with Gasteiger partial charge in [-0.2, -0.15) is 8.42 Å². The van der Waals surface area contributed by atoms with E-state index in [0.717, 1.165) is 96.3 Å². The third-order valence-corrected chi connectivity index (χ3v) is 11.4. The number of aliphatic hydroxyl groups excluding tert-OH is 3. The van der Waals surface area contributed by atoms with Crippen molar-refractivity contribution in [1.29, 1.82) is 0 Å². The number of allylic oxidation sites excluding steroid dienone is 18. The van der Waals surface area contributed by atoms with E-state index < -0.39 is 59.8 Å². The Bertz CT molecular complexity index is 1590. The predicted octanol–water partition coefficient (Wildman–Crippen LogP) is 12.0. The lowest BCUT2D eigenvalue weighted by atomic mass is 9.99. The van der Waals surface area contributed by atoms with Crippen LogP contribution in [0.4, 0.5) is 0 Å². The van der Waals surface area contributed by atoms with Gasteiger partial charge in [-0.15, -0.1) is 0 Å². The monoisotopic (exact) mass is 975 g/mol. The minimum atomic E-state index is -5.08. The second kappa shape index (κ2) is 44.9. The molecule has 1 aliphatic heterocycles. The first-order valence-electron chi connectivity index (χ1n) is 25.6. The fourth-order valence-corrected chi connectivity index (χ4v) is 7.61. The first-order valence-corrected chi connectivity index (χ1v) is 27.0. The van der Waals surface area contributed by atoms with Crippen molar-refractivity contribution in [3.05, 3.63) is 109 Å². The van der Waals surface area contributed by atoms with Crippen molar-refractivity contribution in [2.24, 2.45) is 0 Å². The lowest BCUT2D eigenvalue weighted by Gasteiger charge is -2.41. The minimum Gasteiger partial charge on any atom is -0.457 e. The zero-order chi connectivity index (χ0) is 49.6. The van der Waals surface area contributed by atoms with E-state index in [1.54, 1.807) is 0 Å². The highest BCUT2D eigenvalue weighted by atomic mass is 32.3. The standard InChI is InChI=1S/C55H90O12S/c1-3-5-7-9-11-13-15-17-19-20-21-22-23-24-25-26-27-28-29-31-33-35-37-39-41-43-45-63-47-49(48-64-55-53(59)54(67-68(60,61)62)52(58)50(46-56)66-55)65-51(57)44-42-40-38-36-34-32-30-18-16-14-12-10-8-6-4-2/h5-8,11-14,17-19,21-22,24-25,30,34,36,49-50,52-56,58-59H,3-4,9-10,15-16,20,23,26-29,31-33,35,37-48H2,1-2H3,(H,60,61,62)/b7-5-,8-6-,13-11-,14-12-,19-17-,22-21-,25-24-,30-18-,36-34-. The second-order valence-corrected chi connectivity index (χ2v) is 18.0. The quantitative estimate of drug-likeness (QED) is 0.0197. The number of hydrogen-bond acceptors (Lipinski definition) is 11. The van der Waals surface area contributed by atoms with Gasteiger partial charge in [0.1, 0.15) is 30.5 Å². The summed E-state index contributed by atoms with van der Waals surface area (Å²) in [5.41, 5.74) is 0. The maximum Gasteiger partial charge on any atom is 0.397 e. The fourth-order valence-electron chi connectivity index (χ4n) is 7.10. The van der Waals surface area contributed by atoms with Gasteiger partial charge >= 0.3 is 16.4 Å². The van der Waals surface area contributed by atoms with Crippen LogP contribution in [0.1, 0.15) is 168 Å². The van der Waals surface area contributed by atoms with E-state index in [9.17, 15) is 33.1 Å². The molecule has 0 aromatic rings. The SMILES string of the molecule is CC/C=C\C/C=C\C/C=C\C/C=C\C/C=C\CCCCCCCCCCCCOCC(COC1OC(CO)C(O)C(OS(=O)(=O)O)C1O)OC(=O)CCCC/C=C\C/C=C\C/C=C\C/C=C\CC. The van der Waals surface area contributed by atoms with E-state index >= 15 is 0 Å². The molecule has 1 heterocycles. The summed E-state index contributed by atoms with van der Waals surface area (Å²) in [6.45, 7) is 3.68. The molecule has 0 spiro atoms. The van der Waals surface area contributed by atoms with Gasteiger partial charge in [0.05, 0.1) is 19.8 Å². The number of carbonyl (C=O) groups is 1. The molecule has 4 N–H and O–H groups in total. The topological polar surface area (TPSA) is 178 Å². The Morgan fingerprint density at radius 1 is 0.559 bits per heavy atom. The summed E-state index contributed by atoms with van der Waals surface area (Å²) in [7, 11) is -5.08. The largest absolute Gasteiger partial charge is 0.457 e. The summed E-state index contributed by atoms with van der Waals surface area (Å²) in [6.07, 6.45) is 54.1. The van der Waals surface area contributed by atoms with E-state index in [1.165, 1.54) is 44.9 Å². The Hall–Kier alpha value is -3.24. The van der Waals surface area contributed by atoms with Gasteiger partial charge < -0.3 is 34.3 Å². The molecule has 12 nitrogen and oxygen atoms in total. The van der Waals surface area contributed by atoms with Gasteiger partial charge in [-0.1, -0.05) is 175 Å². The molecule has 0 radical (unpaired) electrons. The van der Waals surface area contributed by atoms with Crippen LogP contribution in [-0.2, 0) is 38.3 Å². The predicted molar refractivity (Wildman–Crippen MR) is 275 cm³/mol. The zero-order valence-corrected chi connectivity index (χ0v) is 42.4. The molecule has 0 bridgehead atoms. The molecular weight excluding hydrogens is 885 g/mol. The summed E-state index contributed by atoms with van der Waals surface area (Å²) in [4.78, 5) is 12.9. The minimum absolute atomic E-state index is 0.00852. The van der Waals surface area contributed by atoms with E-state index in [4.69, 9.17) is 18.9 Å². The van der Waals surface area contributed by atoms with Crippen molar-refractivity contribution in [3.63, 3.8) is 0 Å². The van der Waals surface area contributed by atoms with Gasteiger partial charge in [0, 0.05) is 13.0 Å². The molecule has 0 aliphatic carbocycles. The molecule has 6 unspecified atom stereocenters. The Morgan fingerprint density at radius 3 is 1.41 bits per heavy atom. The van der Waals surface area contributed by atoms with Gasteiger partial charge in [-0.3, -0.25) is 9.35 Å². The highest BCUT2D eigenvalue weighted by molar-refractivity contribution is 7.80. The average molecular weight is 975 g/mol. The Morgan fingerprint density at radius 2 is 0.971 bits per heavy atom. The number of hydrogen-bond donors (Lipinski definition) is 4. The van der Waals surface area contributed by atoms with Gasteiger partial charge in [-0.05, 0) is 96.3 Å². The van der Waals surface area contributed by atoms with Gasteiger partial charge in [0.15, 0.2) is 6.29 Å². The smallest absolute Gasteiger partial charge is 0.397 e. The molecule has 0 aromatic heterocycles. The van der Waals surface area contributed by atoms with Crippen LogP contribution in [0.15, 0.2) is 109 Å². The number of carbonyl (C=O) groups excluding carboxylic acids is 1. The Kier molecular flexibility index (Phi) is 41.5. The molecule has 1 fully saturated rings. The molecule has 1 saturated heterocycles. The van der Waals surface area contributed by atoms with Crippen LogP contribution in [0.3, 0.4) is 0 Å². The maximum atomic E-state index is 12.9. The highest BCUT2D eigenvalue weighted by Gasteiger charge is 2.48. The summed E-state index contributed by atoms with van der Waals surface area (Å²) in [5.74, 6) is -0.445. The van der Waals surface area contributed by atoms with Gasteiger partial charge in [-0.25, -0.2) is 4.18 Å². The summed E-state index contributed by atoms with van der Waals surface area (Å²) in [6, 6.07) is 0. The van der Waals surface area contributed by atoms with Crippen LogP contribution in [0.2, 0.25) is 0 Å². The van der Waals surface area contributed by atoms with E-state index in [0.29, 0.717) is 13.0 Å². The van der Waals surface area contributed by atoms with Crippen molar-refractivity contribution in [2.45, 2.75) is 205 Å². The summed E-state index contributed by atoms with van der Waals surface area (Å²) < 4.78 is 59.2. The van der Waals surface area contributed by atoms with Crippen molar-refractivity contribution in [2.75, 3.05) is 26.4 Å². The van der Waals surface area contributed by atoms with Crippen LogP contribution in [-0.4, -0.2) is 97.5 Å². The van der Waals surface area contributed by atoms with Crippen molar-refractivity contribution in [1.82, 2.24) is 0 Å². The molecule has 13 heteroatoms. The number of unbranched alkanes of at least 4 members (excludes halogenated alkanes) is 12. The molecular formula is C55H90O12S. The number of aliphatic hydroxyl groups is 3. The molecule has 1 rings (SSSR count). The normalized spacial score (nSPS) is 20.2. The zero-order valence-electron chi connectivity index (χ0n) is 41.6. The summed E-state index contributed by atoms with van der Waals surface area (Å²) in [5, 5.41) is 30.7. The van der Waals surface area contributed by atoms with E-state index in [-0.39, 0.29) is 19.6 Å². The van der Waals surface area contributed by atoms with Crippen molar-refractivity contribution in [3.8, 4) is 0 Å². The van der Waals surface area contributed by atoms with Crippen molar-refractivity contribution >= 4 is 16.4 Å². The maximum absolute atomic E-state index is 12.9. The average Bonchev–Trinajstić information content (AvgIpc) is 3.31. The van der Waals surface area contributed by atoms with Crippen LogP contribution < -0.4 is 0 Å². The summed E-state index contributed by atoms with van der Waals surface area (Å²) >= 11 is 0. The number of rotatable bonds is 43. The highest BCUT2D eigenvalue weighted by Crippen LogP contribution is 2.26. The third kappa shape index (κ3) is 37.6. The molecule has 388 valence electrons. The number of esters is 1. The molecule has 0 amide bonds. The second-order valence-electron chi connectivity index (χ2n) is 17.0. The van der Waals surface area contributed by atoms with E-state index in [2.05, 4.69) is 127 Å². The molecule has 0 aromatic carbocycles. The Labute approximate surface area is 411 Å². The lowest BCUT2D eigenvalue weighted by molar-refractivity contribution is -0.301. The van der Waals surface area contributed by atoms with E-state index in [1.807, 2.05) is 0 Å². The molecule has 0 saturated carbocycles. The first kappa shape index (κ1) is 62.8. The van der Waals surface area contributed by atoms with Crippen molar-refractivity contribution < 1.29 is 56.2 Å². The third-order valence-electron chi connectivity index (χ3n) is 10.9. The van der Waals surface area contributed by atoms with Crippen LogP contribution >= 0.6 is 0 Å². The Balaban J connectivity index is 2.36. The first-order chi connectivity index (χ1) is 33.1. The fraction of sp³-hybridized carbons (Fsp3) is 0.655.